The second-order valence-electron chi connectivity index (χ2n) is 5.68. The molecule has 3 heterocycles. The van der Waals surface area contributed by atoms with Gasteiger partial charge in [0.05, 0.1) is 23.4 Å². The lowest BCUT2D eigenvalue weighted by Gasteiger charge is -2.33. The highest BCUT2D eigenvalue weighted by Gasteiger charge is 2.23. The van der Waals surface area contributed by atoms with Crippen LogP contribution in [0.2, 0.25) is 0 Å². The van der Waals surface area contributed by atoms with Gasteiger partial charge < -0.3 is 10.2 Å². The van der Waals surface area contributed by atoms with Crippen LogP contribution in [0.4, 0.5) is 5.82 Å². The summed E-state index contributed by atoms with van der Waals surface area (Å²) in [6.45, 7) is 1.56. The van der Waals surface area contributed by atoms with Crippen molar-refractivity contribution in [2.45, 2.75) is 18.9 Å². The van der Waals surface area contributed by atoms with Crippen molar-refractivity contribution in [1.82, 2.24) is 20.1 Å². The van der Waals surface area contributed by atoms with Crippen LogP contribution in [0.15, 0.2) is 30.7 Å². The molecule has 0 bridgehead atoms. The molecule has 0 aromatic carbocycles. The second-order valence-corrected chi connectivity index (χ2v) is 5.68. The average Bonchev–Trinajstić information content (AvgIpc) is 3.02. The summed E-state index contributed by atoms with van der Waals surface area (Å²) in [5.41, 5.74) is 1.16. The fourth-order valence-corrected chi connectivity index (χ4v) is 2.77. The van der Waals surface area contributed by atoms with Crippen LogP contribution >= 0.6 is 0 Å². The lowest BCUT2D eigenvalue weighted by Crippen LogP contribution is -2.48. The van der Waals surface area contributed by atoms with E-state index in [0.29, 0.717) is 17.7 Å². The van der Waals surface area contributed by atoms with Gasteiger partial charge in [-0.1, -0.05) is 0 Å². The Morgan fingerprint density at radius 3 is 3.13 bits per heavy atom. The third-order valence-electron chi connectivity index (χ3n) is 3.92. The molecule has 1 aliphatic heterocycles. The molecule has 1 atom stereocenters. The molecule has 1 amide bonds. The first-order chi connectivity index (χ1) is 11.2. The Hall–Kier alpha value is -2.88. The second kappa shape index (κ2) is 6.48. The highest BCUT2D eigenvalue weighted by Crippen LogP contribution is 2.19. The van der Waals surface area contributed by atoms with E-state index in [4.69, 9.17) is 5.26 Å². The number of pyridine rings is 1. The summed E-state index contributed by atoms with van der Waals surface area (Å²) in [5, 5.41) is 16.1. The van der Waals surface area contributed by atoms with Crippen LogP contribution in [0.5, 0.6) is 0 Å². The van der Waals surface area contributed by atoms with E-state index >= 15 is 0 Å². The first-order valence-electron chi connectivity index (χ1n) is 7.56. The summed E-state index contributed by atoms with van der Waals surface area (Å²) < 4.78 is 1.61. The summed E-state index contributed by atoms with van der Waals surface area (Å²) in [6.07, 6.45) is 6.81. The number of hydrogen-bond donors (Lipinski definition) is 1. The smallest absolute Gasteiger partial charge is 0.254 e. The summed E-state index contributed by atoms with van der Waals surface area (Å²) in [6, 6.07) is 5.66. The molecule has 1 saturated heterocycles. The Kier molecular flexibility index (Phi) is 4.24. The SMILES string of the molecule is Cn1cc(C(=O)NC2CCCN(c3cc(C#N)ccn3)C2)cn1. The lowest BCUT2D eigenvalue weighted by atomic mass is 10.1. The van der Waals surface area contributed by atoms with E-state index in [1.807, 2.05) is 0 Å². The van der Waals surface area contributed by atoms with Gasteiger partial charge in [0.15, 0.2) is 0 Å². The largest absolute Gasteiger partial charge is 0.355 e. The Morgan fingerprint density at radius 1 is 1.52 bits per heavy atom. The number of carbonyl (C=O) groups is 1. The number of amides is 1. The minimum atomic E-state index is -0.108. The number of nitrogens with one attached hydrogen (secondary N) is 1. The maximum absolute atomic E-state index is 12.2. The standard InChI is InChI=1S/C16H18N6O/c1-21-10-13(9-19-21)16(23)20-14-3-2-6-22(11-14)15-7-12(8-17)4-5-18-15/h4-5,7,9-10,14H,2-3,6,11H2,1H3,(H,20,23). The predicted molar refractivity (Wildman–Crippen MR) is 84.9 cm³/mol. The van der Waals surface area contributed by atoms with Crippen molar-refractivity contribution in [2.24, 2.45) is 7.05 Å². The molecule has 1 N–H and O–H groups in total. The molecular formula is C16H18N6O. The quantitative estimate of drug-likeness (QED) is 0.917. The van der Waals surface area contributed by atoms with Crippen LogP contribution in [0, 0.1) is 11.3 Å². The van der Waals surface area contributed by atoms with Crippen molar-refractivity contribution >= 4 is 11.7 Å². The molecule has 0 radical (unpaired) electrons. The van der Waals surface area contributed by atoms with Crippen LogP contribution in [-0.4, -0.2) is 39.8 Å². The topological polar surface area (TPSA) is 86.8 Å². The average molecular weight is 310 g/mol. The van der Waals surface area contributed by atoms with Gasteiger partial charge in [-0.2, -0.15) is 10.4 Å². The normalized spacial score (nSPS) is 17.6. The number of nitrogens with zero attached hydrogens (tertiary/aromatic N) is 5. The van der Waals surface area contributed by atoms with Gasteiger partial charge in [-0.25, -0.2) is 4.98 Å². The van der Waals surface area contributed by atoms with Crippen molar-refractivity contribution in [3.05, 3.63) is 41.9 Å². The maximum Gasteiger partial charge on any atom is 0.254 e. The minimum absolute atomic E-state index is 0.0593. The zero-order chi connectivity index (χ0) is 16.2. The number of nitriles is 1. The molecule has 0 aliphatic carbocycles. The molecule has 0 spiro atoms. The summed E-state index contributed by atoms with van der Waals surface area (Å²) in [5.74, 6) is 0.674. The first kappa shape index (κ1) is 15.0. The Labute approximate surface area is 134 Å². The lowest BCUT2D eigenvalue weighted by molar-refractivity contribution is 0.0933. The molecule has 7 heteroatoms. The number of carbonyl (C=O) groups excluding carboxylic acids is 1. The number of anilines is 1. The molecule has 118 valence electrons. The van der Waals surface area contributed by atoms with Crippen LogP contribution in [0.1, 0.15) is 28.8 Å². The van der Waals surface area contributed by atoms with E-state index in [0.717, 1.165) is 25.2 Å². The number of aryl methyl sites for hydroxylation is 1. The highest BCUT2D eigenvalue weighted by atomic mass is 16.1. The molecule has 23 heavy (non-hydrogen) atoms. The van der Waals surface area contributed by atoms with Crippen LogP contribution < -0.4 is 10.2 Å². The van der Waals surface area contributed by atoms with E-state index in [1.54, 1.807) is 42.5 Å². The van der Waals surface area contributed by atoms with Gasteiger partial charge in [0, 0.05) is 38.6 Å². The van der Waals surface area contributed by atoms with Crippen molar-refractivity contribution in [1.29, 1.82) is 5.26 Å². The van der Waals surface area contributed by atoms with Crippen molar-refractivity contribution in [2.75, 3.05) is 18.0 Å². The van der Waals surface area contributed by atoms with Gasteiger partial charge in [-0.15, -0.1) is 0 Å². The monoisotopic (exact) mass is 310 g/mol. The van der Waals surface area contributed by atoms with E-state index in [1.165, 1.54) is 0 Å². The molecule has 7 nitrogen and oxygen atoms in total. The molecule has 2 aromatic heterocycles. The van der Waals surface area contributed by atoms with E-state index in [9.17, 15) is 4.79 Å². The minimum Gasteiger partial charge on any atom is -0.355 e. The molecule has 1 aliphatic rings. The summed E-state index contributed by atoms with van der Waals surface area (Å²) in [4.78, 5) is 18.7. The third-order valence-corrected chi connectivity index (χ3v) is 3.92. The maximum atomic E-state index is 12.2. The van der Waals surface area contributed by atoms with E-state index in [2.05, 4.69) is 26.4 Å². The fraction of sp³-hybridized carbons (Fsp3) is 0.375. The summed E-state index contributed by atoms with van der Waals surface area (Å²) >= 11 is 0. The van der Waals surface area contributed by atoms with Crippen molar-refractivity contribution in [3.8, 4) is 6.07 Å². The molecule has 3 rings (SSSR count). The molecule has 1 unspecified atom stereocenters. The van der Waals surface area contributed by atoms with Gasteiger partial charge in [0.2, 0.25) is 0 Å². The first-order valence-corrected chi connectivity index (χ1v) is 7.56. The van der Waals surface area contributed by atoms with Crippen molar-refractivity contribution < 1.29 is 4.79 Å². The van der Waals surface area contributed by atoms with Crippen molar-refractivity contribution in [3.63, 3.8) is 0 Å². The number of aromatic nitrogens is 3. The van der Waals surface area contributed by atoms with Gasteiger partial charge in [0.25, 0.3) is 5.91 Å². The zero-order valence-corrected chi connectivity index (χ0v) is 12.9. The summed E-state index contributed by atoms with van der Waals surface area (Å²) in [7, 11) is 1.78. The van der Waals surface area contributed by atoms with Gasteiger partial charge in [-0.05, 0) is 25.0 Å². The van der Waals surface area contributed by atoms with E-state index < -0.39 is 0 Å². The molecule has 1 fully saturated rings. The van der Waals surface area contributed by atoms with E-state index in [-0.39, 0.29) is 11.9 Å². The predicted octanol–water partition coefficient (Wildman–Crippen LogP) is 1.09. The van der Waals surface area contributed by atoms with Gasteiger partial charge >= 0.3 is 0 Å². The Morgan fingerprint density at radius 2 is 2.39 bits per heavy atom. The zero-order valence-electron chi connectivity index (χ0n) is 12.9. The van der Waals surface area contributed by atoms with Gasteiger partial charge in [-0.3, -0.25) is 9.48 Å². The highest BCUT2D eigenvalue weighted by molar-refractivity contribution is 5.93. The molecule has 2 aromatic rings. The van der Waals surface area contributed by atoms with Crippen LogP contribution in [0.25, 0.3) is 0 Å². The third kappa shape index (κ3) is 3.48. The number of rotatable bonds is 3. The Bertz CT molecular complexity index is 747. The van der Waals surface area contributed by atoms with Gasteiger partial charge in [0.1, 0.15) is 5.82 Å². The Balaban J connectivity index is 1.66. The van der Waals surface area contributed by atoms with Crippen LogP contribution in [-0.2, 0) is 7.05 Å². The molecule has 0 saturated carbocycles. The number of hydrogen-bond acceptors (Lipinski definition) is 5. The molecular weight excluding hydrogens is 292 g/mol. The van der Waals surface area contributed by atoms with Crippen LogP contribution in [0.3, 0.4) is 0 Å². The fourth-order valence-electron chi connectivity index (χ4n) is 2.77. The number of piperidine rings is 1.